The largest absolute Gasteiger partial charge is 0.479 e. The molecule has 3 aromatic heterocycles. The maximum absolute atomic E-state index is 11.9. The Morgan fingerprint density at radius 1 is 1.16 bits per heavy atom. The molecule has 0 aliphatic heterocycles. The molecule has 0 N–H and O–H groups in total. The van der Waals surface area contributed by atoms with Crippen LogP contribution in [0.4, 0.5) is 0 Å². The number of carbonyl (C=O) groups is 1. The Hall–Kier alpha value is -3.17. The predicted octanol–water partition coefficient (Wildman–Crippen LogP) is 4.11. The number of rotatable bonds is 6. The Morgan fingerprint density at radius 2 is 1.97 bits per heavy atom. The van der Waals surface area contributed by atoms with Gasteiger partial charge < -0.3 is 9.47 Å². The molecule has 4 rings (SSSR count). The monoisotopic (exact) mass is 460 g/mol. The average Bonchev–Trinajstić information content (AvgIpc) is 3.42. The van der Waals surface area contributed by atoms with Crippen LogP contribution in [-0.2, 0) is 4.74 Å². The van der Waals surface area contributed by atoms with Crippen molar-refractivity contribution in [3.05, 3.63) is 58.0 Å². The van der Waals surface area contributed by atoms with Crippen LogP contribution in [0.15, 0.2) is 36.8 Å². The molecule has 0 saturated carbocycles. The van der Waals surface area contributed by atoms with Gasteiger partial charge in [0.05, 0.1) is 47.8 Å². The third-order valence-corrected chi connectivity index (χ3v) is 5.42. The lowest BCUT2D eigenvalue weighted by Gasteiger charge is -2.16. The number of fused-ring (bicyclic) bond motifs is 1. The summed E-state index contributed by atoms with van der Waals surface area (Å²) >= 11 is 12.2. The van der Waals surface area contributed by atoms with Gasteiger partial charge in [-0.05, 0) is 31.5 Å². The highest BCUT2D eigenvalue weighted by atomic mass is 35.5. The van der Waals surface area contributed by atoms with Crippen LogP contribution in [0.3, 0.4) is 0 Å². The highest BCUT2D eigenvalue weighted by molar-refractivity contribution is 6.42. The van der Waals surface area contributed by atoms with E-state index in [1.807, 2.05) is 13.0 Å². The first-order valence-corrected chi connectivity index (χ1v) is 10.1. The molecule has 0 unspecified atom stereocenters. The highest BCUT2D eigenvalue weighted by Crippen LogP contribution is 2.31. The molecule has 0 spiro atoms. The summed E-state index contributed by atoms with van der Waals surface area (Å²) in [5.41, 5.74) is 2.38. The van der Waals surface area contributed by atoms with Gasteiger partial charge in [-0.2, -0.15) is 15.2 Å². The third kappa shape index (κ3) is 3.94. The lowest BCUT2D eigenvalue weighted by Crippen LogP contribution is -2.11. The van der Waals surface area contributed by atoms with E-state index in [9.17, 15) is 4.79 Å². The fourth-order valence-corrected chi connectivity index (χ4v) is 3.43. The Labute approximate surface area is 187 Å². The van der Waals surface area contributed by atoms with Crippen LogP contribution < -0.4 is 4.74 Å². The molecular formula is C20H18Cl2N6O3. The lowest BCUT2D eigenvalue weighted by molar-refractivity contribution is 0.0526. The van der Waals surface area contributed by atoms with Crippen molar-refractivity contribution in [2.75, 3.05) is 13.7 Å². The molecule has 1 atom stereocenters. The van der Waals surface area contributed by atoms with Crippen LogP contribution >= 0.6 is 23.2 Å². The Morgan fingerprint density at radius 3 is 2.68 bits per heavy atom. The standard InChI is InChI=1S/C20H18Cl2N6O3/c1-4-31-19(29)13-8-23-27(10-13)20-25-16-9-24-28(17(16)18(26-20)30-3)11(2)12-5-6-14(21)15(22)7-12/h5-11H,4H2,1-3H3/t11-/m1/s1. The van der Waals surface area contributed by atoms with Crippen molar-refractivity contribution in [3.8, 4) is 11.8 Å². The van der Waals surface area contributed by atoms with E-state index in [4.69, 9.17) is 32.7 Å². The number of benzene rings is 1. The van der Waals surface area contributed by atoms with Crippen LogP contribution in [0, 0.1) is 0 Å². The van der Waals surface area contributed by atoms with Gasteiger partial charge in [0, 0.05) is 6.20 Å². The van der Waals surface area contributed by atoms with Crippen molar-refractivity contribution in [1.29, 1.82) is 0 Å². The Kier molecular flexibility index (Phi) is 5.79. The zero-order valence-electron chi connectivity index (χ0n) is 16.9. The van der Waals surface area contributed by atoms with Gasteiger partial charge in [0.2, 0.25) is 5.88 Å². The topological polar surface area (TPSA) is 97.0 Å². The van der Waals surface area contributed by atoms with Crippen LogP contribution in [0.2, 0.25) is 10.0 Å². The van der Waals surface area contributed by atoms with Crippen molar-refractivity contribution in [2.45, 2.75) is 19.9 Å². The molecule has 1 aromatic carbocycles. The molecule has 31 heavy (non-hydrogen) atoms. The molecule has 4 aromatic rings. The Bertz CT molecular complexity index is 1270. The molecule has 160 valence electrons. The van der Waals surface area contributed by atoms with Crippen LogP contribution in [0.1, 0.15) is 35.8 Å². The molecule has 11 heteroatoms. The number of methoxy groups -OCH3 is 1. The molecule has 0 radical (unpaired) electrons. The van der Waals surface area contributed by atoms with Gasteiger partial charge in [0.15, 0.2) is 0 Å². The predicted molar refractivity (Wildman–Crippen MR) is 115 cm³/mol. The van der Waals surface area contributed by atoms with Gasteiger partial charge in [-0.3, -0.25) is 4.68 Å². The van der Waals surface area contributed by atoms with E-state index in [2.05, 4.69) is 20.2 Å². The SMILES string of the molecule is CCOC(=O)c1cnn(-c2nc(OC)c3c(cnn3[C@H](C)c3ccc(Cl)c(Cl)c3)n2)c1. The van der Waals surface area contributed by atoms with Crippen molar-refractivity contribution in [3.63, 3.8) is 0 Å². The van der Waals surface area contributed by atoms with E-state index >= 15 is 0 Å². The number of ether oxygens (including phenoxy) is 2. The van der Waals surface area contributed by atoms with Gasteiger partial charge in [0.25, 0.3) is 5.95 Å². The summed E-state index contributed by atoms with van der Waals surface area (Å²) in [6.45, 7) is 3.98. The second kappa shape index (κ2) is 8.52. The second-order valence-corrected chi connectivity index (χ2v) is 7.41. The second-order valence-electron chi connectivity index (χ2n) is 6.60. The Balaban J connectivity index is 1.75. The van der Waals surface area contributed by atoms with Gasteiger partial charge in [-0.25, -0.2) is 14.5 Å². The summed E-state index contributed by atoms with van der Waals surface area (Å²) in [5.74, 6) is 0.0873. The van der Waals surface area contributed by atoms with Gasteiger partial charge in [0.1, 0.15) is 11.0 Å². The average molecular weight is 461 g/mol. The number of halogens is 2. The molecule has 0 aliphatic rings. The summed E-state index contributed by atoms with van der Waals surface area (Å²) in [7, 11) is 1.51. The van der Waals surface area contributed by atoms with E-state index in [1.54, 1.807) is 29.9 Å². The summed E-state index contributed by atoms with van der Waals surface area (Å²) in [6, 6.07) is 5.24. The maximum atomic E-state index is 11.9. The quantitative estimate of drug-likeness (QED) is 0.399. The molecular weight excluding hydrogens is 443 g/mol. The van der Waals surface area contributed by atoms with Crippen LogP contribution in [-0.4, -0.2) is 49.2 Å². The number of hydrogen-bond donors (Lipinski definition) is 0. The van der Waals surface area contributed by atoms with Crippen molar-refractivity contribution >= 4 is 40.2 Å². The minimum atomic E-state index is -0.468. The first-order valence-electron chi connectivity index (χ1n) is 9.39. The van der Waals surface area contributed by atoms with Gasteiger partial charge in [-0.15, -0.1) is 0 Å². The van der Waals surface area contributed by atoms with Gasteiger partial charge >= 0.3 is 5.97 Å². The normalized spacial score (nSPS) is 12.2. The first-order chi connectivity index (χ1) is 14.9. The number of aromatic nitrogens is 6. The molecule has 0 bridgehead atoms. The molecule has 9 nitrogen and oxygen atoms in total. The lowest BCUT2D eigenvalue weighted by atomic mass is 10.1. The third-order valence-electron chi connectivity index (χ3n) is 4.69. The smallest absolute Gasteiger partial charge is 0.341 e. The molecule has 0 saturated heterocycles. The minimum Gasteiger partial charge on any atom is -0.479 e. The first kappa shape index (κ1) is 21.1. The van der Waals surface area contributed by atoms with Crippen LogP contribution in [0.5, 0.6) is 5.88 Å². The van der Waals surface area contributed by atoms with Crippen molar-refractivity contribution < 1.29 is 14.3 Å². The number of nitrogens with zero attached hydrogens (tertiary/aromatic N) is 6. The molecule has 0 amide bonds. The van der Waals surface area contributed by atoms with E-state index in [0.717, 1.165) is 5.56 Å². The van der Waals surface area contributed by atoms with Crippen molar-refractivity contribution in [2.24, 2.45) is 0 Å². The summed E-state index contributed by atoms with van der Waals surface area (Å²) in [5, 5.41) is 9.58. The molecule has 3 heterocycles. The van der Waals surface area contributed by atoms with E-state index in [-0.39, 0.29) is 18.6 Å². The zero-order valence-corrected chi connectivity index (χ0v) is 18.4. The van der Waals surface area contributed by atoms with Crippen LogP contribution in [0.25, 0.3) is 17.0 Å². The molecule has 0 fully saturated rings. The maximum Gasteiger partial charge on any atom is 0.341 e. The van der Waals surface area contributed by atoms with Gasteiger partial charge in [-0.1, -0.05) is 29.3 Å². The fourth-order valence-electron chi connectivity index (χ4n) is 3.12. The number of carbonyl (C=O) groups excluding carboxylic acids is 1. The number of hydrogen-bond acceptors (Lipinski definition) is 7. The summed E-state index contributed by atoms with van der Waals surface area (Å²) in [6.07, 6.45) is 4.52. The van der Waals surface area contributed by atoms with E-state index < -0.39 is 5.97 Å². The molecule has 0 aliphatic carbocycles. The van der Waals surface area contributed by atoms with E-state index in [0.29, 0.717) is 32.5 Å². The fraction of sp³-hybridized carbons (Fsp3) is 0.250. The summed E-state index contributed by atoms with van der Waals surface area (Å²) < 4.78 is 13.6. The number of esters is 1. The minimum absolute atomic E-state index is 0.185. The summed E-state index contributed by atoms with van der Waals surface area (Å²) in [4.78, 5) is 20.9. The van der Waals surface area contributed by atoms with E-state index in [1.165, 1.54) is 24.2 Å². The zero-order chi connectivity index (χ0) is 22.1. The highest BCUT2D eigenvalue weighted by Gasteiger charge is 2.21. The van der Waals surface area contributed by atoms with Crippen molar-refractivity contribution in [1.82, 2.24) is 29.5 Å².